The van der Waals surface area contributed by atoms with Crippen LogP contribution < -0.4 is 4.74 Å². The van der Waals surface area contributed by atoms with Crippen LogP contribution in [0.2, 0.25) is 0 Å². The number of piperazine rings is 1. The maximum atomic E-state index is 12.2. The molecule has 2 heterocycles. The van der Waals surface area contributed by atoms with Gasteiger partial charge in [-0.1, -0.05) is 18.2 Å². The third-order valence-corrected chi connectivity index (χ3v) is 4.04. The Labute approximate surface area is 142 Å². The Balaban J connectivity index is 1.37. The molecule has 2 aromatic rings. The lowest BCUT2D eigenvalue weighted by molar-refractivity contribution is -0.127. The molecule has 1 fully saturated rings. The molecule has 1 saturated heterocycles. The molecule has 5 heteroatoms. The molecule has 24 heavy (non-hydrogen) atoms. The number of hydrogen-bond donors (Lipinski definition) is 0. The predicted molar refractivity (Wildman–Crippen MR) is 92.7 cm³/mol. The monoisotopic (exact) mass is 326 g/mol. The molecule has 0 atom stereocenters. The average molecular weight is 326 g/mol. The van der Waals surface area contributed by atoms with Crippen LogP contribution in [0.3, 0.4) is 0 Å². The van der Waals surface area contributed by atoms with Crippen molar-refractivity contribution in [1.29, 1.82) is 0 Å². The van der Waals surface area contributed by atoms with Gasteiger partial charge < -0.3 is 14.1 Å². The van der Waals surface area contributed by atoms with E-state index in [1.54, 1.807) is 24.5 Å². The van der Waals surface area contributed by atoms with Gasteiger partial charge in [0.25, 0.3) is 0 Å². The van der Waals surface area contributed by atoms with Crippen LogP contribution in [0.4, 0.5) is 0 Å². The van der Waals surface area contributed by atoms with Gasteiger partial charge in [-0.25, -0.2) is 0 Å². The van der Waals surface area contributed by atoms with E-state index in [2.05, 4.69) is 4.90 Å². The number of amides is 1. The number of hydrogen-bond acceptors (Lipinski definition) is 4. The number of carbonyl (C=O) groups excluding carboxylic acids is 1. The van der Waals surface area contributed by atoms with E-state index < -0.39 is 0 Å². The van der Waals surface area contributed by atoms with Crippen molar-refractivity contribution in [3.8, 4) is 5.75 Å². The lowest BCUT2D eigenvalue weighted by Crippen LogP contribution is -2.49. The van der Waals surface area contributed by atoms with Crippen LogP contribution in [0, 0.1) is 0 Å². The molecule has 1 aromatic heterocycles. The van der Waals surface area contributed by atoms with Crippen LogP contribution in [0.25, 0.3) is 6.08 Å². The molecule has 1 aliphatic heterocycles. The second-order valence-corrected chi connectivity index (χ2v) is 5.68. The Morgan fingerprint density at radius 2 is 1.88 bits per heavy atom. The average Bonchev–Trinajstić information content (AvgIpc) is 3.15. The highest BCUT2D eigenvalue weighted by Crippen LogP contribution is 2.09. The zero-order chi connectivity index (χ0) is 16.6. The largest absolute Gasteiger partial charge is 0.492 e. The minimum Gasteiger partial charge on any atom is -0.492 e. The first kappa shape index (κ1) is 16.3. The summed E-state index contributed by atoms with van der Waals surface area (Å²) in [7, 11) is 0. The second-order valence-electron chi connectivity index (χ2n) is 5.68. The summed E-state index contributed by atoms with van der Waals surface area (Å²) in [6.45, 7) is 4.77. The van der Waals surface area contributed by atoms with E-state index >= 15 is 0 Å². The zero-order valence-electron chi connectivity index (χ0n) is 13.6. The summed E-state index contributed by atoms with van der Waals surface area (Å²) in [6.07, 6.45) is 4.88. The van der Waals surface area contributed by atoms with Gasteiger partial charge in [-0.05, 0) is 30.3 Å². The smallest absolute Gasteiger partial charge is 0.246 e. The summed E-state index contributed by atoms with van der Waals surface area (Å²) in [5.74, 6) is 1.63. The zero-order valence-corrected chi connectivity index (χ0v) is 13.6. The van der Waals surface area contributed by atoms with Gasteiger partial charge in [0.05, 0.1) is 6.26 Å². The van der Waals surface area contributed by atoms with Crippen molar-refractivity contribution >= 4 is 12.0 Å². The van der Waals surface area contributed by atoms with E-state index in [1.807, 2.05) is 41.3 Å². The Morgan fingerprint density at radius 3 is 2.58 bits per heavy atom. The van der Waals surface area contributed by atoms with E-state index in [1.165, 1.54) is 0 Å². The van der Waals surface area contributed by atoms with Gasteiger partial charge in [0.2, 0.25) is 5.91 Å². The molecule has 126 valence electrons. The van der Waals surface area contributed by atoms with Gasteiger partial charge in [0.15, 0.2) is 0 Å². The van der Waals surface area contributed by atoms with Crippen molar-refractivity contribution in [1.82, 2.24) is 9.80 Å². The topological polar surface area (TPSA) is 45.9 Å². The van der Waals surface area contributed by atoms with Gasteiger partial charge >= 0.3 is 0 Å². The summed E-state index contributed by atoms with van der Waals surface area (Å²) >= 11 is 0. The van der Waals surface area contributed by atoms with Crippen molar-refractivity contribution < 1.29 is 13.9 Å². The summed E-state index contributed by atoms with van der Waals surface area (Å²) < 4.78 is 10.9. The fraction of sp³-hybridized carbons (Fsp3) is 0.316. The van der Waals surface area contributed by atoms with Gasteiger partial charge in [0, 0.05) is 38.8 Å². The maximum Gasteiger partial charge on any atom is 0.246 e. The Bertz CT molecular complexity index is 645. The number of furan rings is 1. The number of nitrogens with zero attached hydrogens (tertiary/aromatic N) is 2. The number of para-hydroxylation sites is 1. The van der Waals surface area contributed by atoms with Crippen LogP contribution >= 0.6 is 0 Å². The van der Waals surface area contributed by atoms with Crippen molar-refractivity contribution in [3.63, 3.8) is 0 Å². The van der Waals surface area contributed by atoms with Gasteiger partial charge in [0.1, 0.15) is 18.1 Å². The SMILES string of the molecule is O=C(C=Cc1ccco1)N1CCN(CCOc2ccccc2)CC1. The highest BCUT2D eigenvalue weighted by molar-refractivity contribution is 5.91. The van der Waals surface area contributed by atoms with Crippen molar-refractivity contribution in [2.75, 3.05) is 39.3 Å². The Hall–Kier alpha value is -2.53. The quantitative estimate of drug-likeness (QED) is 0.765. The van der Waals surface area contributed by atoms with Crippen LogP contribution in [0.5, 0.6) is 5.75 Å². The normalized spacial score (nSPS) is 15.8. The molecular formula is C19H22N2O3. The molecule has 0 N–H and O–H groups in total. The molecule has 1 aromatic carbocycles. The first-order chi connectivity index (χ1) is 11.8. The van der Waals surface area contributed by atoms with E-state index in [9.17, 15) is 4.79 Å². The fourth-order valence-corrected chi connectivity index (χ4v) is 2.65. The van der Waals surface area contributed by atoms with E-state index in [4.69, 9.17) is 9.15 Å². The van der Waals surface area contributed by atoms with E-state index in [0.717, 1.165) is 38.5 Å². The molecule has 0 unspecified atom stereocenters. The molecule has 0 radical (unpaired) electrons. The molecule has 1 aliphatic rings. The second kappa shape index (κ2) is 8.36. The third kappa shape index (κ3) is 4.73. The molecular weight excluding hydrogens is 304 g/mol. The molecule has 0 saturated carbocycles. The Morgan fingerprint density at radius 1 is 1.08 bits per heavy atom. The predicted octanol–water partition coefficient (Wildman–Crippen LogP) is 2.52. The molecule has 5 nitrogen and oxygen atoms in total. The highest BCUT2D eigenvalue weighted by atomic mass is 16.5. The standard InChI is InChI=1S/C19H22N2O3/c22-19(9-8-18-7-4-15-23-18)21-12-10-20(11-13-21)14-16-24-17-5-2-1-3-6-17/h1-9,15H,10-14,16H2. The summed E-state index contributed by atoms with van der Waals surface area (Å²) in [5, 5.41) is 0. The number of ether oxygens (including phenoxy) is 1. The van der Waals surface area contributed by atoms with Crippen LogP contribution in [-0.2, 0) is 4.79 Å². The number of carbonyl (C=O) groups is 1. The lowest BCUT2D eigenvalue weighted by Gasteiger charge is -2.34. The molecule has 0 spiro atoms. The minimum atomic E-state index is 0.0339. The maximum absolute atomic E-state index is 12.2. The first-order valence-corrected chi connectivity index (χ1v) is 8.22. The lowest BCUT2D eigenvalue weighted by atomic mass is 10.3. The molecule has 3 rings (SSSR count). The highest BCUT2D eigenvalue weighted by Gasteiger charge is 2.19. The van der Waals surface area contributed by atoms with Crippen LogP contribution in [0.15, 0.2) is 59.2 Å². The van der Waals surface area contributed by atoms with Gasteiger partial charge in [-0.2, -0.15) is 0 Å². The van der Waals surface area contributed by atoms with Crippen molar-refractivity contribution in [2.45, 2.75) is 0 Å². The minimum absolute atomic E-state index is 0.0339. The summed E-state index contributed by atoms with van der Waals surface area (Å²) in [4.78, 5) is 16.3. The third-order valence-electron chi connectivity index (χ3n) is 4.04. The van der Waals surface area contributed by atoms with E-state index in [-0.39, 0.29) is 5.91 Å². The van der Waals surface area contributed by atoms with Gasteiger partial charge in [-0.3, -0.25) is 9.69 Å². The van der Waals surface area contributed by atoms with Gasteiger partial charge in [-0.15, -0.1) is 0 Å². The first-order valence-electron chi connectivity index (χ1n) is 8.22. The van der Waals surface area contributed by atoms with Crippen LogP contribution in [-0.4, -0.2) is 55.0 Å². The summed E-state index contributed by atoms with van der Waals surface area (Å²) in [5.41, 5.74) is 0. The fourth-order valence-electron chi connectivity index (χ4n) is 2.65. The Kier molecular flexibility index (Phi) is 5.69. The molecule has 0 aliphatic carbocycles. The number of benzene rings is 1. The summed E-state index contributed by atoms with van der Waals surface area (Å²) in [6, 6.07) is 13.5. The van der Waals surface area contributed by atoms with Crippen molar-refractivity contribution in [2.24, 2.45) is 0 Å². The molecule has 1 amide bonds. The van der Waals surface area contributed by atoms with Crippen LogP contribution in [0.1, 0.15) is 5.76 Å². The number of rotatable bonds is 6. The van der Waals surface area contributed by atoms with Crippen molar-refractivity contribution in [3.05, 3.63) is 60.6 Å². The van der Waals surface area contributed by atoms with E-state index in [0.29, 0.717) is 12.4 Å². The molecule has 0 bridgehead atoms.